The zero-order valence-corrected chi connectivity index (χ0v) is 11.8. The molecule has 0 aromatic carbocycles. The van der Waals surface area contributed by atoms with Crippen molar-refractivity contribution in [2.45, 2.75) is 32.2 Å². The third-order valence-electron chi connectivity index (χ3n) is 2.45. The third-order valence-corrected chi connectivity index (χ3v) is 3.14. The zero-order chi connectivity index (χ0) is 12.3. The second-order valence-electron chi connectivity index (χ2n) is 4.47. The van der Waals surface area contributed by atoms with Gasteiger partial charge in [-0.05, 0) is 20.0 Å². The van der Waals surface area contributed by atoms with Gasteiger partial charge in [0.25, 0.3) is 0 Å². The van der Waals surface area contributed by atoms with Gasteiger partial charge < -0.3 is 4.90 Å². The van der Waals surface area contributed by atoms with Crippen LogP contribution in [0.2, 0.25) is 5.15 Å². The fourth-order valence-electron chi connectivity index (χ4n) is 1.53. The lowest BCUT2D eigenvalue weighted by molar-refractivity contribution is 0.372. The number of hydrogen-bond acceptors (Lipinski definition) is 2. The SMILES string of the molecule is CC(C)c1nn(CCN(C)C)c(Cl)c1CCl. The van der Waals surface area contributed by atoms with Crippen LogP contribution in [0, 0.1) is 0 Å². The Morgan fingerprint density at radius 2 is 2.00 bits per heavy atom. The van der Waals surface area contributed by atoms with Gasteiger partial charge in [-0.2, -0.15) is 5.10 Å². The molecule has 0 spiro atoms. The number of halogens is 2. The maximum Gasteiger partial charge on any atom is 0.131 e. The summed E-state index contributed by atoms with van der Waals surface area (Å²) >= 11 is 12.2. The maximum atomic E-state index is 6.25. The van der Waals surface area contributed by atoms with Crippen LogP contribution in [0.5, 0.6) is 0 Å². The minimum absolute atomic E-state index is 0.354. The van der Waals surface area contributed by atoms with E-state index in [-0.39, 0.29) is 0 Å². The highest BCUT2D eigenvalue weighted by atomic mass is 35.5. The summed E-state index contributed by atoms with van der Waals surface area (Å²) in [4.78, 5) is 2.10. The van der Waals surface area contributed by atoms with E-state index >= 15 is 0 Å². The fourth-order valence-corrected chi connectivity index (χ4v) is 2.14. The molecular formula is C11H19Cl2N3. The van der Waals surface area contributed by atoms with Crippen LogP contribution in [0.1, 0.15) is 31.0 Å². The molecule has 0 aliphatic heterocycles. The topological polar surface area (TPSA) is 21.1 Å². The van der Waals surface area contributed by atoms with Crippen LogP contribution < -0.4 is 0 Å². The van der Waals surface area contributed by atoms with Crippen LogP contribution in [0.4, 0.5) is 0 Å². The van der Waals surface area contributed by atoms with E-state index in [9.17, 15) is 0 Å². The van der Waals surface area contributed by atoms with Gasteiger partial charge in [-0.25, -0.2) is 0 Å². The van der Waals surface area contributed by atoms with Crippen molar-refractivity contribution >= 4 is 23.2 Å². The van der Waals surface area contributed by atoms with E-state index in [2.05, 4.69) is 23.8 Å². The Bertz CT molecular complexity index is 345. The van der Waals surface area contributed by atoms with Crippen molar-refractivity contribution in [1.29, 1.82) is 0 Å². The minimum atomic E-state index is 0.354. The molecule has 1 rings (SSSR count). The van der Waals surface area contributed by atoms with Crippen LogP contribution in [0.3, 0.4) is 0 Å². The molecule has 3 nitrogen and oxygen atoms in total. The molecule has 92 valence electrons. The molecule has 0 saturated carbocycles. The second-order valence-corrected chi connectivity index (χ2v) is 5.09. The number of hydrogen-bond donors (Lipinski definition) is 0. The highest BCUT2D eigenvalue weighted by molar-refractivity contribution is 6.31. The van der Waals surface area contributed by atoms with Crippen molar-refractivity contribution in [3.63, 3.8) is 0 Å². The summed E-state index contributed by atoms with van der Waals surface area (Å²) in [5, 5.41) is 5.21. The van der Waals surface area contributed by atoms with Gasteiger partial charge in [-0.1, -0.05) is 25.4 Å². The van der Waals surface area contributed by atoms with E-state index in [1.807, 2.05) is 18.8 Å². The van der Waals surface area contributed by atoms with E-state index in [4.69, 9.17) is 23.2 Å². The largest absolute Gasteiger partial charge is 0.308 e. The van der Waals surface area contributed by atoms with Gasteiger partial charge in [-0.15, -0.1) is 11.6 Å². The van der Waals surface area contributed by atoms with Gasteiger partial charge >= 0.3 is 0 Å². The van der Waals surface area contributed by atoms with E-state index < -0.39 is 0 Å². The molecule has 1 heterocycles. The van der Waals surface area contributed by atoms with Crippen molar-refractivity contribution < 1.29 is 0 Å². The van der Waals surface area contributed by atoms with E-state index in [1.165, 1.54) is 0 Å². The molecule has 1 aromatic heterocycles. The monoisotopic (exact) mass is 263 g/mol. The van der Waals surface area contributed by atoms with Gasteiger partial charge in [0.15, 0.2) is 0 Å². The predicted molar refractivity (Wildman–Crippen MR) is 69.4 cm³/mol. The lowest BCUT2D eigenvalue weighted by Gasteiger charge is -2.09. The van der Waals surface area contributed by atoms with Crippen molar-refractivity contribution in [2.75, 3.05) is 20.6 Å². The van der Waals surface area contributed by atoms with Crippen LogP contribution in [-0.2, 0) is 12.4 Å². The van der Waals surface area contributed by atoms with Crippen LogP contribution >= 0.6 is 23.2 Å². The molecule has 0 aliphatic rings. The summed E-state index contributed by atoms with van der Waals surface area (Å²) in [6.45, 7) is 5.92. The summed E-state index contributed by atoms with van der Waals surface area (Å²) in [5.74, 6) is 0.778. The quantitative estimate of drug-likeness (QED) is 0.762. The number of nitrogens with zero attached hydrogens (tertiary/aromatic N) is 3. The first-order chi connectivity index (χ1) is 7.47. The first kappa shape index (κ1) is 13.8. The van der Waals surface area contributed by atoms with Crippen molar-refractivity contribution in [1.82, 2.24) is 14.7 Å². The van der Waals surface area contributed by atoms with Crippen LogP contribution in [0.15, 0.2) is 0 Å². The average Bonchev–Trinajstić information content (AvgIpc) is 2.52. The molecular weight excluding hydrogens is 245 g/mol. The van der Waals surface area contributed by atoms with E-state index in [0.29, 0.717) is 17.0 Å². The standard InChI is InChI=1S/C11H19Cl2N3/c1-8(2)10-9(7-12)11(13)16(14-10)6-5-15(3)4/h8H,5-7H2,1-4H3. The van der Waals surface area contributed by atoms with Gasteiger partial charge in [0.1, 0.15) is 5.15 Å². The molecule has 0 bridgehead atoms. The van der Waals surface area contributed by atoms with Gasteiger partial charge in [0.05, 0.1) is 18.1 Å². The molecule has 0 amide bonds. The molecule has 5 heteroatoms. The highest BCUT2D eigenvalue weighted by Gasteiger charge is 2.17. The Balaban J connectivity index is 2.94. The molecule has 0 radical (unpaired) electrons. The Kier molecular flexibility index (Phi) is 5.09. The highest BCUT2D eigenvalue weighted by Crippen LogP contribution is 2.27. The number of likely N-dealkylation sites (N-methyl/N-ethyl adjacent to an activating group) is 1. The number of rotatable bonds is 5. The van der Waals surface area contributed by atoms with E-state index in [1.54, 1.807) is 0 Å². The third kappa shape index (κ3) is 3.12. The molecule has 0 atom stereocenters. The Labute approximate surface area is 107 Å². The Morgan fingerprint density at radius 1 is 1.38 bits per heavy atom. The van der Waals surface area contributed by atoms with Crippen molar-refractivity contribution in [3.8, 4) is 0 Å². The molecule has 0 saturated heterocycles. The molecule has 0 fully saturated rings. The predicted octanol–water partition coefficient (Wildman–Crippen LogP) is 2.96. The van der Waals surface area contributed by atoms with Gasteiger partial charge in [0, 0.05) is 12.1 Å². The van der Waals surface area contributed by atoms with Crippen molar-refractivity contribution in [2.24, 2.45) is 0 Å². The molecule has 0 N–H and O–H groups in total. The first-order valence-electron chi connectivity index (χ1n) is 5.43. The van der Waals surface area contributed by atoms with Crippen molar-refractivity contribution in [3.05, 3.63) is 16.4 Å². The summed E-state index contributed by atoms with van der Waals surface area (Å²) in [6.07, 6.45) is 0. The summed E-state index contributed by atoms with van der Waals surface area (Å²) in [5.41, 5.74) is 1.98. The molecule has 16 heavy (non-hydrogen) atoms. The molecule has 1 aromatic rings. The summed E-state index contributed by atoms with van der Waals surface area (Å²) in [6, 6.07) is 0. The lowest BCUT2D eigenvalue weighted by Crippen LogP contribution is -2.19. The Morgan fingerprint density at radius 3 is 2.38 bits per heavy atom. The number of aromatic nitrogens is 2. The van der Waals surface area contributed by atoms with Gasteiger partial charge in [-0.3, -0.25) is 4.68 Å². The summed E-state index contributed by atoms with van der Waals surface area (Å²) < 4.78 is 1.84. The normalized spacial score (nSPS) is 11.8. The fraction of sp³-hybridized carbons (Fsp3) is 0.727. The summed E-state index contributed by atoms with van der Waals surface area (Å²) in [7, 11) is 4.06. The number of alkyl halides is 1. The minimum Gasteiger partial charge on any atom is -0.308 e. The maximum absolute atomic E-state index is 6.25. The average molecular weight is 264 g/mol. The molecule has 0 unspecified atom stereocenters. The smallest absolute Gasteiger partial charge is 0.131 e. The lowest BCUT2D eigenvalue weighted by atomic mass is 10.1. The second kappa shape index (κ2) is 5.89. The van der Waals surface area contributed by atoms with E-state index in [0.717, 1.165) is 24.3 Å². The first-order valence-corrected chi connectivity index (χ1v) is 6.34. The Hall–Kier alpha value is -0.250. The van der Waals surface area contributed by atoms with Crippen LogP contribution in [-0.4, -0.2) is 35.3 Å². The molecule has 0 aliphatic carbocycles. The van der Waals surface area contributed by atoms with Gasteiger partial charge in [0.2, 0.25) is 0 Å². The zero-order valence-electron chi connectivity index (χ0n) is 10.3. The van der Waals surface area contributed by atoms with Crippen LogP contribution in [0.25, 0.3) is 0 Å².